The lowest BCUT2D eigenvalue weighted by Gasteiger charge is -2.32. The van der Waals surface area contributed by atoms with Gasteiger partial charge in [-0.15, -0.1) is 0 Å². The molecule has 0 unspecified atom stereocenters. The van der Waals surface area contributed by atoms with Gasteiger partial charge in [-0.05, 0) is 50.5 Å². The van der Waals surface area contributed by atoms with Gasteiger partial charge in [-0.1, -0.05) is 146 Å². The zero-order chi connectivity index (χ0) is 28.3. The SMILES string of the molecule is c1ccc2c(N(c3c4ccccc4cc4ccccc34)c3c4ccccc4cc4ccccc34)c3ccccc3cc2c1. The molecule has 0 heterocycles. The van der Waals surface area contributed by atoms with Crippen molar-refractivity contribution in [3.63, 3.8) is 0 Å². The van der Waals surface area contributed by atoms with Crippen LogP contribution in [0.25, 0.3) is 64.6 Å². The molecule has 0 saturated carbocycles. The standard InChI is InChI=1S/C42H27N/c1-7-19-34-28(13-1)25-29-14-2-8-20-35(29)40(34)43(41-36-21-9-3-15-30(36)26-31-16-4-10-22-37(31)41)42-38-23-11-5-17-32(38)27-33-18-6-12-24-39(33)42/h1-27H. The van der Waals surface area contributed by atoms with Crippen molar-refractivity contribution in [2.75, 3.05) is 4.90 Å². The normalized spacial score (nSPS) is 11.7. The second-order valence-corrected chi connectivity index (χ2v) is 11.3. The molecule has 0 aliphatic rings. The Balaban J connectivity index is 1.60. The minimum Gasteiger partial charge on any atom is -0.307 e. The Kier molecular flexibility index (Phi) is 5.27. The fourth-order valence-electron chi connectivity index (χ4n) is 7.03. The van der Waals surface area contributed by atoms with Crippen molar-refractivity contribution in [2.24, 2.45) is 0 Å². The number of benzene rings is 9. The third-order valence-corrected chi connectivity index (χ3v) is 8.90. The molecular weight excluding hydrogens is 518 g/mol. The molecule has 0 atom stereocenters. The van der Waals surface area contributed by atoms with E-state index in [-0.39, 0.29) is 0 Å². The van der Waals surface area contributed by atoms with E-state index in [2.05, 4.69) is 169 Å². The van der Waals surface area contributed by atoms with Crippen LogP contribution in [0.3, 0.4) is 0 Å². The highest BCUT2D eigenvalue weighted by Crippen LogP contribution is 2.52. The van der Waals surface area contributed by atoms with E-state index in [0.717, 1.165) is 0 Å². The van der Waals surface area contributed by atoms with Crippen LogP contribution < -0.4 is 4.90 Å². The maximum absolute atomic E-state index is 2.60. The van der Waals surface area contributed by atoms with Gasteiger partial charge in [0, 0.05) is 32.3 Å². The lowest BCUT2D eigenvalue weighted by atomic mass is 9.93. The van der Waals surface area contributed by atoms with Gasteiger partial charge in [0.25, 0.3) is 0 Å². The van der Waals surface area contributed by atoms with Crippen LogP contribution in [0.15, 0.2) is 164 Å². The van der Waals surface area contributed by atoms with Crippen LogP contribution in [0.1, 0.15) is 0 Å². The van der Waals surface area contributed by atoms with Crippen molar-refractivity contribution >= 4 is 81.7 Å². The molecule has 0 spiro atoms. The number of hydrogen-bond acceptors (Lipinski definition) is 1. The highest BCUT2D eigenvalue weighted by Gasteiger charge is 2.25. The molecule has 0 saturated heterocycles. The van der Waals surface area contributed by atoms with E-state index in [1.165, 1.54) is 81.7 Å². The maximum Gasteiger partial charge on any atom is 0.0619 e. The third-order valence-electron chi connectivity index (χ3n) is 8.90. The topological polar surface area (TPSA) is 3.24 Å². The number of anilines is 3. The molecule has 0 fully saturated rings. The molecule has 0 radical (unpaired) electrons. The monoisotopic (exact) mass is 545 g/mol. The number of fused-ring (bicyclic) bond motifs is 6. The first-order valence-electron chi connectivity index (χ1n) is 14.9. The van der Waals surface area contributed by atoms with Crippen LogP contribution in [-0.2, 0) is 0 Å². The van der Waals surface area contributed by atoms with Crippen molar-refractivity contribution in [3.05, 3.63) is 164 Å². The van der Waals surface area contributed by atoms with E-state index in [9.17, 15) is 0 Å². The van der Waals surface area contributed by atoms with Gasteiger partial charge >= 0.3 is 0 Å². The van der Waals surface area contributed by atoms with Crippen molar-refractivity contribution in [3.8, 4) is 0 Å². The van der Waals surface area contributed by atoms with Crippen LogP contribution in [0.5, 0.6) is 0 Å². The zero-order valence-corrected chi connectivity index (χ0v) is 23.5. The molecule has 9 aromatic rings. The summed E-state index contributed by atoms with van der Waals surface area (Å²) >= 11 is 0. The van der Waals surface area contributed by atoms with Crippen molar-refractivity contribution in [1.82, 2.24) is 0 Å². The van der Waals surface area contributed by atoms with Gasteiger partial charge in [0.1, 0.15) is 0 Å². The van der Waals surface area contributed by atoms with Crippen molar-refractivity contribution in [1.29, 1.82) is 0 Å². The molecule has 9 aromatic carbocycles. The summed E-state index contributed by atoms with van der Waals surface area (Å²) < 4.78 is 0. The summed E-state index contributed by atoms with van der Waals surface area (Å²) in [6, 6.07) is 60.0. The third kappa shape index (κ3) is 3.65. The van der Waals surface area contributed by atoms with Gasteiger partial charge in [-0.2, -0.15) is 0 Å². The highest BCUT2D eigenvalue weighted by atomic mass is 15.2. The fraction of sp³-hybridized carbons (Fsp3) is 0. The number of hydrogen-bond donors (Lipinski definition) is 0. The zero-order valence-electron chi connectivity index (χ0n) is 23.5. The summed E-state index contributed by atoms with van der Waals surface area (Å²) in [5, 5.41) is 14.8. The molecule has 0 aliphatic heterocycles. The van der Waals surface area contributed by atoms with Gasteiger partial charge in [-0.3, -0.25) is 0 Å². The van der Waals surface area contributed by atoms with Crippen LogP contribution in [-0.4, -0.2) is 0 Å². The molecule has 0 aliphatic carbocycles. The number of nitrogens with zero attached hydrogens (tertiary/aromatic N) is 1. The first kappa shape index (κ1) is 24.0. The van der Waals surface area contributed by atoms with E-state index < -0.39 is 0 Å². The Morgan fingerprint density at radius 3 is 0.628 bits per heavy atom. The molecular formula is C42H27N. The second kappa shape index (κ2) is 9.44. The van der Waals surface area contributed by atoms with Crippen LogP contribution in [0.2, 0.25) is 0 Å². The molecule has 200 valence electrons. The molecule has 0 amide bonds. The minimum absolute atomic E-state index is 1.21. The molecule has 0 N–H and O–H groups in total. The average Bonchev–Trinajstić information content (AvgIpc) is 3.07. The molecule has 1 heteroatoms. The van der Waals surface area contributed by atoms with E-state index >= 15 is 0 Å². The predicted molar refractivity (Wildman–Crippen MR) is 186 cm³/mol. The summed E-state index contributed by atoms with van der Waals surface area (Å²) in [5.41, 5.74) is 3.62. The van der Waals surface area contributed by atoms with Gasteiger partial charge < -0.3 is 4.90 Å². The van der Waals surface area contributed by atoms with Crippen LogP contribution in [0, 0.1) is 0 Å². The van der Waals surface area contributed by atoms with Crippen molar-refractivity contribution in [2.45, 2.75) is 0 Å². The Morgan fingerprint density at radius 2 is 0.419 bits per heavy atom. The Labute approximate surface area is 249 Å². The minimum atomic E-state index is 1.21. The maximum atomic E-state index is 2.60. The lowest BCUT2D eigenvalue weighted by Crippen LogP contribution is -2.13. The smallest absolute Gasteiger partial charge is 0.0619 e. The molecule has 0 bridgehead atoms. The second-order valence-electron chi connectivity index (χ2n) is 11.3. The van der Waals surface area contributed by atoms with E-state index in [0.29, 0.717) is 0 Å². The Bertz CT molecular complexity index is 2080. The Hall–Kier alpha value is -5.66. The summed E-state index contributed by atoms with van der Waals surface area (Å²) in [5.74, 6) is 0. The molecule has 43 heavy (non-hydrogen) atoms. The van der Waals surface area contributed by atoms with E-state index in [1.54, 1.807) is 0 Å². The van der Waals surface area contributed by atoms with Gasteiger partial charge in [0.2, 0.25) is 0 Å². The van der Waals surface area contributed by atoms with E-state index in [4.69, 9.17) is 0 Å². The molecule has 9 rings (SSSR count). The van der Waals surface area contributed by atoms with Gasteiger partial charge in [0.05, 0.1) is 17.1 Å². The Morgan fingerprint density at radius 1 is 0.233 bits per heavy atom. The van der Waals surface area contributed by atoms with Crippen molar-refractivity contribution < 1.29 is 0 Å². The summed E-state index contributed by atoms with van der Waals surface area (Å²) in [7, 11) is 0. The number of rotatable bonds is 3. The fourth-order valence-corrected chi connectivity index (χ4v) is 7.03. The first-order chi connectivity index (χ1) is 21.3. The van der Waals surface area contributed by atoms with Crippen LogP contribution in [0.4, 0.5) is 17.1 Å². The highest BCUT2D eigenvalue weighted by molar-refractivity contribution is 6.25. The molecule has 1 nitrogen and oxygen atoms in total. The molecule has 0 aromatic heterocycles. The van der Waals surface area contributed by atoms with E-state index in [1.807, 2.05) is 0 Å². The summed E-state index contributed by atoms with van der Waals surface area (Å²) in [6.07, 6.45) is 0. The quantitative estimate of drug-likeness (QED) is 0.200. The van der Waals surface area contributed by atoms with Gasteiger partial charge in [0.15, 0.2) is 0 Å². The first-order valence-corrected chi connectivity index (χ1v) is 14.9. The largest absolute Gasteiger partial charge is 0.307 e. The lowest BCUT2D eigenvalue weighted by molar-refractivity contribution is 1.37. The van der Waals surface area contributed by atoms with Crippen LogP contribution >= 0.6 is 0 Å². The predicted octanol–water partition coefficient (Wildman–Crippen LogP) is 12.1. The summed E-state index contributed by atoms with van der Waals surface area (Å²) in [6.45, 7) is 0. The van der Waals surface area contributed by atoms with Gasteiger partial charge in [-0.25, -0.2) is 0 Å². The summed E-state index contributed by atoms with van der Waals surface area (Å²) in [4.78, 5) is 2.60. The average molecular weight is 546 g/mol.